The van der Waals surface area contributed by atoms with Gasteiger partial charge in [-0.15, -0.1) is 0 Å². The number of allylic oxidation sites excluding steroid dienone is 4. The summed E-state index contributed by atoms with van der Waals surface area (Å²) in [4.78, 5) is 3.67. The minimum absolute atomic E-state index is 1.04. The topological polar surface area (TPSA) is 15.8 Å². The van der Waals surface area contributed by atoms with Crippen LogP contribution in [0.4, 0.5) is 0 Å². The van der Waals surface area contributed by atoms with E-state index in [2.05, 4.69) is 53.6 Å². The van der Waals surface area contributed by atoms with E-state index in [0.29, 0.717) is 0 Å². The van der Waals surface area contributed by atoms with E-state index in [0.717, 1.165) is 19.3 Å². The molecule has 2 aromatic rings. The second kappa shape index (κ2) is 3.63. The van der Waals surface area contributed by atoms with Crippen LogP contribution in [-0.2, 0) is 12.8 Å². The van der Waals surface area contributed by atoms with Gasteiger partial charge in [0.25, 0.3) is 0 Å². The highest BCUT2D eigenvalue weighted by atomic mass is 14.7. The molecule has 1 heteroatoms. The Morgan fingerprint density at radius 1 is 1.05 bits per heavy atom. The van der Waals surface area contributed by atoms with Crippen LogP contribution in [0.25, 0.3) is 22.8 Å². The molecule has 0 atom stereocenters. The van der Waals surface area contributed by atoms with Crippen LogP contribution < -0.4 is 10.7 Å². The van der Waals surface area contributed by atoms with Crippen molar-refractivity contribution in [3.8, 4) is 11.1 Å². The van der Waals surface area contributed by atoms with Gasteiger partial charge in [-0.3, -0.25) is 0 Å². The van der Waals surface area contributed by atoms with E-state index in [9.17, 15) is 0 Å². The van der Waals surface area contributed by atoms with E-state index < -0.39 is 0 Å². The Labute approximate surface area is 117 Å². The van der Waals surface area contributed by atoms with Gasteiger partial charge in [0.1, 0.15) is 0 Å². The lowest BCUT2D eigenvalue weighted by Gasteiger charge is -2.13. The van der Waals surface area contributed by atoms with Crippen LogP contribution in [0.5, 0.6) is 0 Å². The van der Waals surface area contributed by atoms with Crippen LogP contribution in [0.15, 0.2) is 48.1 Å². The normalized spacial score (nSPS) is 17.8. The molecule has 0 saturated heterocycles. The quantitative estimate of drug-likeness (QED) is 0.746. The van der Waals surface area contributed by atoms with Gasteiger partial charge in [-0.05, 0) is 35.1 Å². The van der Waals surface area contributed by atoms with E-state index in [1.807, 2.05) is 0 Å². The molecule has 1 aromatic carbocycles. The van der Waals surface area contributed by atoms with Gasteiger partial charge in [-0.2, -0.15) is 0 Å². The zero-order chi connectivity index (χ0) is 13.1. The summed E-state index contributed by atoms with van der Waals surface area (Å²) in [6.07, 6.45) is 12.5. The minimum atomic E-state index is 1.04. The van der Waals surface area contributed by atoms with Crippen molar-refractivity contribution in [1.29, 1.82) is 0 Å². The van der Waals surface area contributed by atoms with Gasteiger partial charge >= 0.3 is 0 Å². The summed E-state index contributed by atoms with van der Waals surface area (Å²) in [5, 5.41) is 2.67. The van der Waals surface area contributed by atoms with Gasteiger partial charge in [0, 0.05) is 22.9 Å². The van der Waals surface area contributed by atoms with Crippen molar-refractivity contribution >= 4 is 11.6 Å². The van der Waals surface area contributed by atoms with E-state index in [4.69, 9.17) is 0 Å². The number of aromatic nitrogens is 1. The maximum atomic E-state index is 3.67. The third-order valence-corrected chi connectivity index (χ3v) is 4.71. The average molecular weight is 257 g/mol. The Hall–Kier alpha value is -2.28. The second-order valence-corrected chi connectivity index (χ2v) is 5.79. The van der Waals surface area contributed by atoms with Gasteiger partial charge in [0.15, 0.2) is 0 Å². The maximum absolute atomic E-state index is 3.67. The molecule has 0 bridgehead atoms. The largest absolute Gasteiger partial charge is 0.355 e. The molecule has 0 amide bonds. The fraction of sp³-hybridized carbons (Fsp3) is 0.158. The summed E-state index contributed by atoms with van der Waals surface area (Å²) in [5.41, 5.74) is 8.72. The molecule has 0 saturated carbocycles. The predicted molar refractivity (Wildman–Crippen MR) is 82.6 cm³/mol. The molecule has 1 aromatic heterocycles. The lowest BCUT2D eigenvalue weighted by molar-refractivity contribution is 1.19. The Morgan fingerprint density at radius 2 is 2.00 bits per heavy atom. The van der Waals surface area contributed by atoms with E-state index >= 15 is 0 Å². The third-order valence-electron chi connectivity index (χ3n) is 4.71. The van der Waals surface area contributed by atoms with Crippen LogP contribution in [0.3, 0.4) is 0 Å². The molecule has 0 fully saturated rings. The van der Waals surface area contributed by atoms with Crippen molar-refractivity contribution in [3.05, 3.63) is 69.9 Å². The number of hydrogen-bond donors (Lipinski definition) is 1. The summed E-state index contributed by atoms with van der Waals surface area (Å²) in [6.45, 7) is 0. The second-order valence-electron chi connectivity index (χ2n) is 5.79. The molecule has 3 aliphatic carbocycles. The first-order valence-electron chi connectivity index (χ1n) is 7.31. The Morgan fingerprint density at radius 3 is 3.00 bits per heavy atom. The van der Waals surface area contributed by atoms with Gasteiger partial charge in [-0.1, -0.05) is 48.6 Å². The van der Waals surface area contributed by atoms with Gasteiger partial charge in [0.2, 0.25) is 0 Å². The number of H-pyrrole nitrogens is 1. The first kappa shape index (κ1) is 10.5. The SMILES string of the molecule is C1=CC2=c3[nH]c4c(c3CC2=CC1)-c1ccccc1CC=4. The van der Waals surface area contributed by atoms with Gasteiger partial charge in [-0.25, -0.2) is 0 Å². The van der Waals surface area contributed by atoms with Crippen molar-refractivity contribution in [2.45, 2.75) is 19.3 Å². The fourth-order valence-electron chi connectivity index (χ4n) is 3.80. The number of benzene rings is 1. The van der Waals surface area contributed by atoms with Crippen LogP contribution in [-0.4, -0.2) is 4.98 Å². The summed E-state index contributed by atoms with van der Waals surface area (Å²) in [5.74, 6) is 0. The van der Waals surface area contributed by atoms with Crippen molar-refractivity contribution in [3.63, 3.8) is 0 Å². The number of aromatic amines is 1. The van der Waals surface area contributed by atoms with E-state index in [-0.39, 0.29) is 0 Å². The zero-order valence-corrected chi connectivity index (χ0v) is 11.2. The first-order chi connectivity index (χ1) is 9.92. The molecule has 0 aliphatic heterocycles. The summed E-state index contributed by atoms with van der Waals surface area (Å²) < 4.78 is 0. The van der Waals surface area contributed by atoms with Crippen LogP contribution in [0, 0.1) is 0 Å². The van der Waals surface area contributed by atoms with Crippen LogP contribution in [0.2, 0.25) is 0 Å². The lowest BCUT2D eigenvalue weighted by Crippen LogP contribution is -2.15. The number of hydrogen-bond acceptors (Lipinski definition) is 0. The molecule has 96 valence electrons. The molecule has 1 heterocycles. The number of fused-ring (bicyclic) bond motifs is 6. The average Bonchev–Trinajstić information content (AvgIpc) is 3.03. The first-order valence-corrected chi connectivity index (χ1v) is 7.31. The molecule has 0 spiro atoms. The Bertz CT molecular complexity index is 919. The summed E-state index contributed by atoms with van der Waals surface area (Å²) in [7, 11) is 0. The molecular weight excluding hydrogens is 242 g/mol. The molecule has 5 rings (SSSR count). The molecule has 20 heavy (non-hydrogen) atoms. The molecule has 1 N–H and O–H groups in total. The molecular formula is C19H15N. The fourth-order valence-corrected chi connectivity index (χ4v) is 3.80. The van der Waals surface area contributed by atoms with E-state index in [1.54, 1.807) is 0 Å². The molecule has 0 radical (unpaired) electrons. The van der Waals surface area contributed by atoms with Crippen LogP contribution in [0.1, 0.15) is 17.5 Å². The Balaban J connectivity index is 1.90. The number of rotatable bonds is 0. The molecule has 0 unspecified atom stereocenters. The molecule has 3 aliphatic rings. The predicted octanol–water partition coefficient (Wildman–Crippen LogP) is 2.61. The van der Waals surface area contributed by atoms with Crippen molar-refractivity contribution in [1.82, 2.24) is 4.98 Å². The lowest BCUT2D eigenvalue weighted by atomic mass is 9.91. The van der Waals surface area contributed by atoms with Crippen molar-refractivity contribution in [2.75, 3.05) is 0 Å². The Kier molecular flexibility index (Phi) is 1.91. The summed E-state index contributed by atoms with van der Waals surface area (Å²) in [6, 6.07) is 8.82. The van der Waals surface area contributed by atoms with Crippen molar-refractivity contribution < 1.29 is 0 Å². The monoisotopic (exact) mass is 257 g/mol. The summed E-state index contributed by atoms with van der Waals surface area (Å²) >= 11 is 0. The minimum Gasteiger partial charge on any atom is -0.355 e. The highest BCUT2D eigenvalue weighted by molar-refractivity contribution is 5.84. The van der Waals surface area contributed by atoms with Gasteiger partial charge < -0.3 is 4.98 Å². The highest BCUT2D eigenvalue weighted by Gasteiger charge is 2.25. The smallest absolute Gasteiger partial charge is 0.0503 e. The maximum Gasteiger partial charge on any atom is 0.0503 e. The van der Waals surface area contributed by atoms with Crippen LogP contribution >= 0.6 is 0 Å². The third kappa shape index (κ3) is 1.23. The van der Waals surface area contributed by atoms with Gasteiger partial charge in [0.05, 0.1) is 5.35 Å². The zero-order valence-electron chi connectivity index (χ0n) is 11.2. The standard InChI is InChI=1S/C19H15N/c1-3-7-14-12(5-1)9-10-17-18(14)16-11-13-6-2-4-8-15(13)19(16)20-17/h1,3-8,10,20H,2,9,11H2. The van der Waals surface area contributed by atoms with E-state index in [1.165, 1.54) is 44.1 Å². The highest BCUT2D eigenvalue weighted by Crippen LogP contribution is 2.33. The van der Waals surface area contributed by atoms with Crippen molar-refractivity contribution in [2.24, 2.45) is 0 Å². The molecule has 1 nitrogen and oxygen atoms in total. The number of nitrogens with one attached hydrogen (secondary N) is 1.